The van der Waals surface area contributed by atoms with Gasteiger partial charge in [-0.1, -0.05) is 13.0 Å². The van der Waals surface area contributed by atoms with Crippen LogP contribution in [-0.4, -0.2) is 5.91 Å². The lowest BCUT2D eigenvalue weighted by Crippen LogP contribution is -2.14. The maximum atomic E-state index is 11.8. The van der Waals surface area contributed by atoms with E-state index in [1.807, 2.05) is 6.07 Å². The quantitative estimate of drug-likeness (QED) is 0.807. The van der Waals surface area contributed by atoms with Gasteiger partial charge < -0.3 is 5.32 Å². The Morgan fingerprint density at radius 3 is 2.81 bits per heavy atom. The lowest BCUT2D eigenvalue weighted by atomic mass is 10.1. The van der Waals surface area contributed by atoms with Crippen LogP contribution in [0.3, 0.4) is 0 Å². The fraction of sp³-hybridized carbons (Fsp3) is 0.500. The second-order valence-corrected chi connectivity index (χ2v) is 5.15. The summed E-state index contributed by atoms with van der Waals surface area (Å²) in [5.74, 6) is 1.04. The van der Waals surface area contributed by atoms with Crippen molar-refractivity contribution in [3.8, 4) is 0 Å². The number of aryl methyl sites for hydroxylation is 2. The third kappa shape index (κ3) is 1.73. The Morgan fingerprint density at radius 2 is 2.06 bits per heavy atom. The highest BCUT2D eigenvalue weighted by atomic mass is 16.2. The maximum absolute atomic E-state index is 11.8. The van der Waals surface area contributed by atoms with E-state index in [0.29, 0.717) is 5.92 Å². The van der Waals surface area contributed by atoms with Crippen LogP contribution in [0.1, 0.15) is 30.9 Å². The van der Waals surface area contributed by atoms with Crippen LogP contribution >= 0.6 is 0 Å². The second-order valence-electron chi connectivity index (χ2n) is 5.15. The Morgan fingerprint density at radius 1 is 1.31 bits per heavy atom. The molecule has 0 saturated heterocycles. The Kier molecular flexibility index (Phi) is 2.23. The first-order chi connectivity index (χ1) is 7.74. The number of fused-ring (bicyclic) bond motifs is 1. The lowest BCUT2D eigenvalue weighted by molar-refractivity contribution is -0.117. The molecule has 0 aromatic heterocycles. The van der Waals surface area contributed by atoms with Crippen LogP contribution in [0.4, 0.5) is 5.69 Å². The minimum Gasteiger partial charge on any atom is -0.326 e. The van der Waals surface area contributed by atoms with Crippen molar-refractivity contribution in [1.82, 2.24) is 0 Å². The molecule has 0 aliphatic heterocycles. The molecule has 1 N–H and O–H groups in total. The predicted molar refractivity (Wildman–Crippen MR) is 64.4 cm³/mol. The standard InChI is InChI=1S/C14H17NO/c1-9-7-13(9)14(16)15-12-6-5-10-3-2-4-11(10)8-12/h5-6,8-9,13H,2-4,7H2,1H3,(H,15,16)/t9-,13-/m0/s1. The van der Waals surface area contributed by atoms with Gasteiger partial charge in [0.2, 0.25) is 5.91 Å². The highest BCUT2D eigenvalue weighted by Gasteiger charge is 2.39. The molecule has 2 aliphatic carbocycles. The molecule has 1 amide bonds. The van der Waals surface area contributed by atoms with Crippen molar-refractivity contribution in [3.63, 3.8) is 0 Å². The van der Waals surface area contributed by atoms with Gasteiger partial charge in [-0.15, -0.1) is 0 Å². The summed E-state index contributed by atoms with van der Waals surface area (Å²) in [6, 6.07) is 6.34. The number of rotatable bonds is 2. The van der Waals surface area contributed by atoms with Crippen molar-refractivity contribution >= 4 is 11.6 Å². The summed E-state index contributed by atoms with van der Waals surface area (Å²) in [6.45, 7) is 2.13. The van der Waals surface area contributed by atoms with Crippen LogP contribution in [-0.2, 0) is 17.6 Å². The van der Waals surface area contributed by atoms with E-state index in [9.17, 15) is 4.79 Å². The van der Waals surface area contributed by atoms with E-state index in [1.165, 1.54) is 30.4 Å². The molecular formula is C14H17NO. The molecule has 1 saturated carbocycles. The fourth-order valence-electron chi connectivity index (χ4n) is 2.57. The molecular weight excluding hydrogens is 198 g/mol. The molecule has 0 radical (unpaired) electrons. The van der Waals surface area contributed by atoms with Gasteiger partial charge in [0, 0.05) is 11.6 Å². The van der Waals surface area contributed by atoms with E-state index in [-0.39, 0.29) is 11.8 Å². The summed E-state index contributed by atoms with van der Waals surface area (Å²) in [7, 11) is 0. The van der Waals surface area contributed by atoms with Crippen LogP contribution < -0.4 is 5.32 Å². The van der Waals surface area contributed by atoms with E-state index in [1.54, 1.807) is 0 Å². The molecule has 3 rings (SSSR count). The number of anilines is 1. The van der Waals surface area contributed by atoms with Crippen LogP contribution in [0.25, 0.3) is 0 Å². The van der Waals surface area contributed by atoms with Gasteiger partial charge in [-0.3, -0.25) is 4.79 Å². The van der Waals surface area contributed by atoms with Gasteiger partial charge in [0.25, 0.3) is 0 Å². The van der Waals surface area contributed by atoms with E-state index in [2.05, 4.69) is 24.4 Å². The first-order valence-corrected chi connectivity index (χ1v) is 6.17. The summed E-state index contributed by atoms with van der Waals surface area (Å²) < 4.78 is 0. The first kappa shape index (κ1) is 9.88. The predicted octanol–water partition coefficient (Wildman–Crippen LogP) is 2.77. The van der Waals surface area contributed by atoms with Crippen LogP contribution in [0.15, 0.2) is 18.2 Å². The van der Waals surface area contributed by atoms with Crippen molar-refractivity contribution in [2.24, 2.45) is 11.8 Å². The van der Waals surface area contributed by atoms with Crippen molar-refractivity contribution < 1.29 is 4.79 Å². The number of hydrogen-bond acceptors (Lipinski definition) is 1. The zero-order valence-corrected chi connectivity index (χ0v) is 9.62. The minimum atomic E-state index is 0.199. The van der Waals surface area contributed by atoms with Crippen molar-refractivity contribution in [3.05, 3.63) is 29.3 Å². The molecule has 84 valence electrons. The third-order valence-electron chi connectivity index (χ3n) is 3.81. The van der Waals surface area contributed by atoms with Crippen LogP contribution in [0, 0.1) is 11.8 Å². The Hall–Kier alpha value is -1.31. The third-order valence-corrected chi connectivity index (χ3v) is 3.81. The van der Waals surface area contributed by atoms with Crippen LogP contribution in [0.5, 0.6) is 0 Å². The van der Waals surface area contributed by atoms with Gasteiger partial charge in [0.1, 0.15) is 0 Å². The number of carbonyl (C=O) groups is 1. The normalized spacial score (nSPS) is 26.3. The number of benzene rings is 1. The number of amides is 1. The number of carbonyl (C=O) groups excluding carboxylic acids is 1. The molecule has 2 heteroatoms. The van der Waals surface area contributed by atoms with E-state index >= 15 is 0 Å². The average molecular weight is 215 g/mol. The monoisotopic (exact) mass is 215 g/mol. The van der Waals surface area contributed by atoms with Gasteiger partial charge in [-0.2, -0.15) is 0 Å². The fourth-order valence-corrected chi connectivity index (χ4v) is 2.57. The van der Waals surface area contributed by atoms with Gasteiger partial charge >= 0.3 is 0 Å². The smallest absolute Gasteiger partial charge is 0.227 e. The first-order valence-electron chi connectivity index (χ1n) is 6.17. The van der Waals surface area contributed by atoms with Crippen LogP contribution in [0.2, 0.25) is 0 Å². The topological polar surface area (TPSA) is 29.1 Å². The van der Waals surface area contributed by atoms with Gasteiger partial charge in [0.15, 0.2) is 0 Å². The molecule has 1 aromatic rings. The second kappa shape index (κ2) is 3.62. The molecule has 0 bridgehead atoms. The average Bonchev–Trinajstić information content (AvgIpc) is 2.83. The van der Waals surface area contributed by atoms with Crippen molar-refractivity contribution in [1.29, 1.82) is 0 Å². The summed E-state index contributed by atoms with van der Waals surface area (Å²) in [5.41, 5.74) is 3.85. The van der Waals surface area contributed by atoms with E-state index < -0.39 is 0 Å². The van der Waals surface area contributed by atoms with E-state index in [0.717, 1.165) is 12.1 Å². The minimum absolute atomic E-state index is 0.199. The summed E-state index contributed by atoms with van der Waals surface area (Å²) in [6.07, 6.45) is 4.67. The lowest BCUT2D eigenvalue weighted by Gasteiger charge is -2.06. The SMILES string of the molecule is C[C@H]1C[C@@H]1C(=O)Nc1ccc2c(c1)CCC2. The van der Waals surface area contributed by atoms with Gasteiger partial charge in [0.05, 0.1) is 0 Å². The summed E-state index contributed by atoms with van der Waals surface area (Å²) in [4.78, 5) is 11.8. The van der Waals surface area contributed by atoms with Crippen molar-refractivity contribution in [2.45, 2.75) is 32.6 Å². The largest absolute Gasteiger partial charge is 0.326 e. The number of nitrogens with one attached hydrogen (secondary N) is 1. The Labute approximate surface area is 96.1 Å². The molecule has 1 aromatic carbocycles. The molecule has 1 fully saturated rings. The maximum Gasteiger partial charge on any atom is 0.227 e. The molecule has 0 heterocycles. The highest BCUT2D eigenvalue weighted by Crippen LogP contribution is 2.38. The zero-order chi connectivity index (χ0) is 11.1. The van der Waals surface area contributed by atoms with Gasteiger partial charge in [-0.05, 0) is 54.9 Å². The van der Waals surface area contributed by atoms with E-state index in [4.69, 9.17) is 0 Å². The number of hydrogen-bond donors (Lipinski definition) is 1. The molecule has 16 heavy (non-hydrogen) atoms. The Balaban J connectivity index is 1.73. The highest BCUT2D eigenvalue weighted by molar-refractivity contribution is 5.94. The molecule has 0 unspecified atom stereocenters. The summed E-state index contributed by atoms with van der Waals surface area (Å²) in [5, 5.41) is 3.03. The summed E-state index contributed by atoms with van der Waals surface area (Å²) >= 11 is 0. The molecule has 2 atom stereocenters. The molecule has 2 nitrogen and oxygen atoms in total. The van der Waals surface area contributed by atoms with Crippen molar-refractivity contribution in [2.75, 3.05) is 5.32 Å². The Bertz CT molecular complexity index is 438. The zero-order valence-electron chi connectivity index (χ0n) is 9.62. The molecule has 0 spiro atoms. The van der Waals surface area contributed by atoms with Gasteiger partial charge in [-0.25, -0.2) is 0 Å². The molecule has 2 aliphatic rings.